The molecule has 1 atom stereocenters. The summed E-state index contributed by atoms with van der Waals surface area (Å²) in [5.41, 5.74) is 8.23. The summed E-state index contributed by atoms with van der Waals surface area (Å²) in [6, 6.07) is 11.7. The third kappa shape index (κ3) is 4.47. The van der Waals surface area contributed by atoms with E-state index >= 15 is 0 Å². The molecule has 1 unspecified atom stereocenters. The van der Waals surface area contributed by atoms with Gasteiger partial charge in [0.25, 0.3) is 0 Å². The van der Waals surface area contributed by atoms with Crippen molar-refractivity contribution in [3.8, 4) is 11.5 Å². The Kier molecular flexibility index (Phi) is 5.68. The van der Waals surface area contributed by atoms with Crippen LogP contribution >= 0.6 is 27.5 Å². The van der Waals surface area contributed by atoms with Crippen LogP contribution in [0.2, 0.25) is 5.02 Å². The average molecular weight is 369 g/mol. The molecule has 21 heavy (non-hydrogen) atoms. The lowest BCUT2D eigenvalue weighted by atomic mass is 10.0. The maximum absolute atomic E-state index is 6.09. The van der Waals surface area contributed by atoms with E-state index in [1.54, 1.807) is 0 Å². The van der Waals surface area contributed by atoms with Gasteiger partial charge in [-0.05, 0) is 67.3 Å². The third-order valence-corrected chi connectivity index (χ3v) is 4.51. The Morgan fingerprint density at radius 1 is 1.24 bits per heavy atom. The molecule has 0 saturated carbocycles. The summed E-state index contributed by atoms with van der Waals surface area (Å²) < 4.78 is 7.08. The second-order valence-electron chi connectivity index (χ2n) is 5.14. The fraction of sp³-hybridized carbons (Fsp3) is 0.294. The van der Waals surface area contributed by atoms with Gasteiger partial charge in [0, 0.05) is 15.5 Å². The molecule has 112 valence electrons. The van der Waals surface area contributed by atoms with Gasteiger partial charge >= 0.3 is 0 Å². The van der Waals surface area contributed by atoms with Crippen LogP contribution in [0.5, 0.6) is 11.5 Å². The number of hydrogen-bond donors (Lipinski definition) is 1. The zero-order valence-corrected chi connectivity index (χ0v) is 14.5. The first-order valence-electron chi connectivity index (χ1n) is 6.97. The van der Waals surface area contributed by atoms with E-state index < -0.39 is 0 Å². The summed E-state index contributed by atoms with van der Waals surface area (Å²) in [6.45, 7) is 4.11. The highest BCUT2D eigenvalue weighted by atomic mass is 79.9. The predicted octanol–water partition coefficient (Wildman–Crippen LogP) is 5.48. The molecule has 0 bridgehead atoms. The van der Waals surface area contributed by atoms with Crippen LogP contribution in [0.3, 0.4) is 0 Å². The zero-order chi connectivity index (χ0) is 15.4. The van der Waals surface area contributed by atoms with Gasteiger partial charge in [0.05, 0.1) is 0 Å². The van der Waals surface area contributed by atoms with Gasteiger partial charge in [-0.2, -0.15) is 0 Å². The highest BCUT2D eigenvalue weighted by Crippen LogP contribution is 2.30. The Bertz CT molecular complexity index is 630. The van der Waals surface area contributed by atoms with Gasteiger partial charge in [-0.15, -0.1) is 0 Å². The van der Waals surface area contributed by atoms with Gasteiger partial charge in [-0.3, -0.25) is 0 Å². The number of nitrogens with two attached hydrogens (primary N) is 1. The molecule has 0 aliphatic heterocycles. The van der Waals surface area contributed by atoms with Crippen molar-refractivity contribution in [1.82, 2.24) is 0 Å². The molecule has 0 spiro atoms. The Hall–Kier alpha value is -1.03. The monoisotopic (exact) mass is 367 g/mol. The lowest BCUT2D eigenvalue weighted by molar-refractivity contribution is 0.471. The van der Waals surface area contributed by atoms with Gasteiger partial charge in [-0.25, -0.2) is 0 Å². The van der Waals surface area contributed by atoms with Gasteiger partial charge in [0.1, 0.15) is 11.5 Å². The number of rotatable bonds is 5. The molecule has 2 aromatic rings. The molecule has 2 nitrogen and oxygen atoms in total. The maximum Gasteiger partial charge on any atom is 0.130 e. The van der Waals surface area contributed by atoms with Crippen LogP contribution in [0.1, 0.15) is 24.5 Å². The van der Waals surface area contributed by atoms with Crippen molar-refractivity contribution in [3.05, 3.63) is 57.0 Å². The molecular formula is C17H19BrClNO. The molecule has 0 fully saturated rings. The average Bonchev–Trinajstić information content (AvgIpc) is 2.45. The number of ether oxygens (including phenoxy) is 1. The van der Waals surface area contributed by atoms with E-state index in [1.807, 2.05) is 43.3 Å². The Morgan fingerprint density at radius 2 is 2.00 bits per heavy atom. The van der Waals surface area contributed by atoms with Crippen molar-refractivity contribution in [1.29, 1.82) is 0 Å². The van der Waals surface area contributed by atoms with Gasteiger partial charge < -0.3 is 10.5 Å². The van der Waals surface area contributed by atoms with E-state index in [-0.39, 0.29) is 6.04 Å². The molecule has 4 heteroatoms. The maximum atomic E-state index is 6.09. The van der Waals surface area contributed by atoms with E-state index in [0.29, 0.717) is 5.02 Å². The predicted molar refractivity (Wildman–Crippen MR) is 92.4 cm³/mol. The molecule has 0 saturated heterocycles. The number of aryl methyl sites for hydroxylation is 1. The molecule has 0 aromatic heterocycles. The second-order valence-corrected chi connectivity index (χ2v) is 6.43. The number of halogens is 2. The lowest BCUT2D eigenvalue weighted by Gasteiger charge is -2.15. The summed E-state index contributed by atoms with van der Waals surface area (Å²) in [5.74, 6) is 1.62. The van der Waals surface area contributed by atoms with Crippen molar-refractivity contribution in [2.75, 3.05) is 0 Å². The number of hydrogen-bond acceptors (Lipinski definition) is 2. The molecule has 2 aromatic carbocycles. The van der Waals surface area contributed by atoms with E-state index in [9.17, 15) is 0 Å². The van der Waals surface area contributed by atoms with Gasteiger partial charge in [0.15, 0.2) is 0 Å². The second kappa shape index (κ2) is 7.30. The molecule has 0 radical (unpaired) electrons. The molecule has 0 aliphatic rings. The summed E-state index contributed by atoms with van der Waals surface area (Å²) in [4.78, 5) is 0. The van der Waals surface area contributed by atoms with Gasteiger partial charge in [0.2, 0.25) is 0 Å². The van der Waals surface area contributed by atoms with Crippen molar-refractivity contribution in [3.63, 3.8) is 0 Å². The first-order chi connectivity index (χ1) is 9.99. The first-order valence-corrected chi connectivity index (χ1v) is 8.14. The summed E-state index contributed by atoms with van der Waals surface area (Å²) in [5, 5.41) is 0.702. The normalized spacial score (nSPS) is 12.2. The minimum atomic E-state index is 0.109. The first kappa shape index (κ1) is 16.3. The SMILES string of the molecule is CCC(N)Cc1cc(Cl)ccc1Oc1ccc(Br)c(C)c1. The highest BCUT2D eigenvalue weighted by molar-refractivity contribution is 9.10. The van der Waals surface area contributed by atoms with Crippen LogP contribution < -0.4 is 10.5 Å². The molecule has 0 aliphatic carbocycles. The molecule has 2 rings (SSSR count). The van der Waals surface area contributed by atoms with Crippen LogP contribution in [0, 0.1) is 6.92 Å². The van der Waals surface area contributed by atoms with Crippen LogP contribution in [0.25, 0.3) is 0 Å². The fourth-order valence-electron chi connectivity index (χ4n) is 2.04. The molecule has 2 N–H and O–H groups in total. The summed E-state index contributed by atoms with van der Waals surface area (Å²) in [6.07, 6.45) is 1.67. The van der Waals surface area contributed by atoms with Gasteiger partial charge in [-0.1, -0.05) is 34.5 Å². The third-order valence-electron chi connectivity index (χ3n) is 3.39. The minimum absolute atomic E-state index is 0.109. The number of benzene rings is 2. The van der Waals surface area contributed by atoms with E-state index in [0.717, 1.165) is 39.9 Å². The quantitative estimate of drug-likeness (QED) is 0.758. The standard InChI is InChI=1S/C17H19BrClNO/c1-3-14(20)10-12-9-13(19)4-7-17(12)21-15-5-6-16(18)11(2)8-15/h4-9,14H,3,10,20H2,1-2H3. The van der Waals surface area contributed by atoms with E-state index in [1.165, 1.54) is 0 Å². The van der Waals surface area contributed by atoms with Crippen LogP contribution in [-0.2, 0) is 6.42 Å². The highest BCUT2D eigenvalue weighted by Gasteiger charge is 2.10. The van der Waals surface area contributed by atoms with E-state index in [4.69, 9.17) is 22.1 Å². The Labute approximate surface area is 139 Å². The minimum Gasteiger partial charge on any atom is -0.457 e. The summed E-state index contributed by atoms with van der Waals surface area (Å²) >= 11 is 9.58. The van der Waals surface area contributed by atoms with Crippen molar-refractivity contribution in [2.24, 2.45) is 5.73 Å². The van der Waals surface area contributed by atoms with Crippen LogP contribution in [-0.4, -0.2) is 6.04 Å². The molecule has 0 heterocycles. The van der Waals surface area contributed by atoms with Crippen molar-refractivity contribution >= 4 is 27.5 Å². The topological polar surface area (TPSA) is 35.2 Å². The van der Waals surface area contributed by atoms with E-state index in [2.05, 4.69) is 22.9 Å². The van der Waals surface area contributed by atoms with Crippen LogP contribution in [0.4, 0.5) is 0 Å². The largest absolute Gasteiger partial charge is 0.457 e. The smallest absolute Gasteiger partial charge is 0.130 e. The zero-order valence-electron chi connectivity index (χ0n) is 12.2. The Morgan fingerprint density at radius 3 is 2.67 bits per heavy atom. The molecule has 0 amide bonds. The molecular weight excluding hydrogens is 350 g/mol. The Balaban J connectivity index is 2.28. The van der Waals surface area contributed by atoms with Crippen molar-refractivity contribution in [2.45, 2.75) is 32.7 Å². The summed E-state index contributed by atoms with van der Waals surface area (Å²) in [7, 11) is 0. The fourth-order valence-corrected chi connectivity index (χ4v) is 2.48. The lowest BCUT2D eigenvalue weighted by Crippen LogP contribution is -2.21. The van der Waals surface area contributed by atoms with Crippen molar-refractivity contribution < 1.29 is 4.74 Å². The van der Waals surface area contributed by atoms with Crippen LogP contribution in [0.15, 0.2) is 40.9 Å².